The maximum atomic E-state index is 13.3. The summed E-state index contributed by atoms with van der Waals surface area (Å²) in [6.07, 6.45) is 6.58. The average Bonchev–Trinajstić information content (AvgIpc) is 3.24. The molecule has 1 aromatic carbocycles. The van der Waals surface area contributed by atoms with Gasteiger partial charge in [-0.3, -0.25) is 4.99 Å². The van der Waals surface area contributed by atoms with Crippen molar-refractivity contribution < 1.29 is 4.39 Å². The highest BCUT2D eigenvalue weighted by Gasteiger charge is 2.07. The summed E-state index contributed by atoms with van der Waals surface area (Å²) < 4.78 is 15.4. The average molecular weight is 370 g/mol. The number of aliphatic imine (C=N–C) groups is 1. The SMILES string of the molecule is CN=C(NCCc1c[nH]c2cc(F)ccc12)NCc1nccn1CC(C)C. The van der Waals surface area contributed by atoms with Crippen molar-refractivity contribution in [2.45, 2.75) is 33.4 Å². The summed E-state index contributed by atoms with van der Waals surface area (Å²) in [6.45, 7) is 6.67. The third-order valence-electron chi connectivity index (χ3n) is 4.42. The molecule has 0 atom stereocenters. The fourth-order valence-electron chi connectivity index (χ4n) is 3.13. The summed E-state index contributed by atoms with van der Waals surface area (Å²) in [5, 5.41) is 7.68. The number of rotatable bonds is 7. The number of imidazole rings is 1. The zero-order chi connectivity index (χ0) is 19.2. The standard InChI is InChI=1S/C20H27FN6/c1-14(2)13-27-9-8-23-19(27)12-26-20(22-3)24-7-6-15-11-25-18-10-16(21)4-5-17(15)18/h4-5,8-11,14,25H,6-7,12-13H2,1-3H3,(H2,22,24,26). The van der Waals surface area contributed by atoms with Crippen LogP contribution in [0.5, 0.6) is 0 Å². The first-order valence-corrected chi connectivity index (χ1v) is 9.27. The van der Waals surface area contributed by atoms with Crippen LogP contribution in [0.3, 0.4) is 0 Å². The van der Waals surface area contributed by atoms with Crippen molar-refractivity contribution in [2.24, 2.45) is 10.9 Å². The second-order valence-corrected chi connectivity index (χ2v) is 7.00. The predicted molar refractivity (Wildman–Crippen MR) is 107 cm³/mol. The molecule has 0 aliphatic heterocycles. The van der Waals surface area contributed by atoms with E-state index in [0.29, 0.717) is 12.5 Å². The second-order valence-electron chi connectivity index (χ2n) is 7.00. The van der Waals surface area contributed by atoms with Crippen LogP contribution in [-0.2, 0) is 19.5 Å². The number of H-pyrrole nitrogens is 1. The molecule has 6 nitrogen and oxygen atoms in total. The van der Waals surface area contributed by atoms with Crippen LogP contribution in [0.25, 0.3) is 10.9 Å². The maximum Gasteiger partial charge on any atom is 0.191 e. The Morgan fingerprint density at radius 2 is 2.19 bits per heavy atom. The first-order chi connectivity index (χ1) is 13.1. The van der Waals surface area contributed by atoms with Crippen LogP contribution >= 0.6 is 0 Å². The number of aromatic nitrogens is 3. The molecule has 0 saturated heterocycles. The zero-order valence-corrected chi connectivity index (χ0v) is 16.1. The molecule has 0 saturated carbocycles. The summed E-state index contributed by atoms with van der Waals surface area (Å²) in [7, 11) is 1.75. The molecule has 2 heterocycles. The molecular weight excluding hydrogens is 343 g/mol. The predicted octanol–water partition coefficient (Wildman–Crippen LogP) is 3.07. The van der Waals surface area contributed by atoms with Crippen LogP contribution in [0, 0.1) is 11.7 Å². The van der Waals surface area contributed by atoms with Crippen molar-refractivity contribution in [2.75, 3.05) is 13.6 Å². The smallest absolute Gasteiger partial charge is 0.191 e. The summed E-state index contributed by atoms with van der Waals surface area (Å²) in [5.74, 6) is 2.07. The van der Waals surface area contributed by atoms with Crippen molar-refractivity contribution in [3.63, 3.8) is 0 Å². The Labute approximate surface area is 158 Å². The monoisotopic (exact) mass is 370 g/mol. The fourth-order valence-corrected chi connectivity index (χ4v) is 3.13. The van der Waals surface area contributed by atoms with Gasteiger partial charge in [0.1, 0.15) is 11.6 Å². The van der Waals surface area contributed by atoms with Crippen LogP contribution in [0.1, 0.15) is 25.2 Å². The second kappa shape index (κ2) is 8.70. The third kappa shape index (κ3) is 4.87. The third-order valence-corrected chi connectivity index (χ3v) is 4.42. The lowest BCUT2D eigenvalue weighted by Gasteiger charge is -2.14. The largest absolute Gasteiger partial charge is 0.361 e. The molecule has 0 aliphatic rings. The minimum atomic E-state index is -0.227. The summed E-state index contributed by atoms with van der Waals surface area (Å²) in [6, 6.07) is 4.83. The Morgan fingerprint density at radius 1 is 1.33 bits per heavy atom. The Hall–Kier alpha value is -2.83. The van der Waals surface area contributed by atoms with Crippen LogP contribution < -0.4 is 10.6 Å². The Bertz CT molecular complexity index is 908. The van der Waals surface area contributed by atoms with Crippen LogP contribution in [-0.4, -0.2) is 34.1 Å². The number of benzene rings is 1. The van der Waals surface area contributed by atoms with Gasteiger partial charge in [0, 0.05) is 49.6 Å². The minimum Gasteiger partial charge on any atom is -0.361 e. The molecular formula is C20H27FN6. The number of halogens is 1. The van der Waals surface area contributed by atoms with Gasteiger partial charge < -0.3 is 20.2 Å². The molecule has 3 N–H and O–H groups in total. The van der Waals surface area contributed by atoms with E-state index in [1.165, 1.54) is 12.1 Å². The van der Waals surface area contributed by atoms with Crippen molar-refractivity contribution >= 4 is 16.9 Å². The van der Waals surface area contributed by atoms with Crippen LogP contribution in [0.4, 0.5) is 4.39 Å². The molecule has 0 unspecified atom stereocenters. The van der Waals surface area contributed by atoms with E-state index in [1.54, 1.807) is 7.05 Å². The van der Waals surface area contributed by atoms with Crippen LogP contribution in [0.15, 0.2) is 41.8 Å². The Balaban J connectivity index is 1.51. The van der Waals surface area contributed by atoms with E-state index in [-0.39, 0.29) is 5.82 Å². The summed E-state index contributed by atoms with van der Waals surface area (Å²) >= 11 is 0. The zero-order valence-electron chi connectivity index (χ0n) is 16.1. The van der Waals surface area contributed by atoms with Crippen LogP contribution in [0.2, 0.25) is 0 Å². The Morgan fingerprint density at radius 3 is 2.96 bits per heavy atom. The van der Waals surface area contributed by atoms with Crippen molar-refractivity contribution in [3.05, 3.63) is 54.0 Å². The fraction of sp³-hybridized carbons (Fsp3) is 0.400. The van der Waals surface area contributed by atoms with E-state index in [0.717, 1.165) is 47.8 Å². The first kappa shape index (κ1) is 18.9. The first-order valence-electron chi connectivity index (χ1n) is 9.27. The van der Waals surface area contributed by atoms with Gasteiger partial charge in [0.15, 0.2) is 5.96 Å². The van der Waals surface area contributed by atoms with Crippen molar-refractivity contribution in [1.82, 2.24) is 25.2 Å². The molecule has 0 fully saturated rings. The van der Waals surface area contributed by atoms with Gasteiger partial charge in [0.05, 0.1) is 6.54 Å². The Kier molecular flexibility index (Phi) is 6.11. The number of fused-ring (bicyclic) bond motifs is 1. The van der Waals surface area contributed by atoms with E-state index in [2.05, 4.69) is 44.0 Å². The van der Waals surface area contributed by atoms with Gasteiger partial charge in [-0.15, -0.1) is 0 Å². The molecule has 0 bridgehead atoms. The van der Waals surface area contributed by atoms with E-state index in [1.807, 2.05) is 24.7 Å². The lowest BCUT2D eigenvalue weighted by Crippen LogP contribution is -2.38. The number of nitrogens with zero attached hydrogens (tertiary/aromatic N) is 3. The molecule has 2 aromatic heterocycles. The van der Waals surface area contributed by atoms with E-state index in [9.17, 15) is 4.39 Å². The highest BCUT2D eigenvalue weighted by atomic mass is 19.1. The van der Waals surface area contributed by atoms with Crippen molar-refractivity contribution in [3.8, 4) is 0 Å². The van der Waals surface area contributed by atoms with Gasteiger partial charge in [-0.2, -0.15) is 0 Å². The molecule has 144 valence electrons. The van der Waals surface area contributed by atoms with Gasteiger partial charge in [-0.25, -0.2) is 9.37 Å². The van der Waals surface area contributed by atoms with E-state index < -0.39 is 0 Å². The summed E-state index contributed by atoms with van der Waals surface area (Å²) in [4.78, 5) is 11.8. The highest BCUT2D eigenvalue weighted by Crippen LogP contribution is 2.19. The minimum absolute atomic E-state index is 0.227. The summed E-state index contributed by atoms with van der Waals surface area (Å²) in [5.41, 5.74) is 1.98. The molecule has 0 aliphatic carbocycles. The number of guanidine groups is 1. The van der Waals surface area contributed by atoms with Gasteiger partial charge in [0.25, 0.3) is 0 Å². The highest BCUT2D eigenvalue weighted by molar-refractivity contribution is 5.83. The number of hydrogen-bond acceptors (Lipinski definition) is 2. The van der Waals surface area contributed by atoms with Gasteiger partial charge in [-0.05, 0) is 36.1 Å². The molecule has 0 spiro atoms. The number of aromatic amines is 1. The van der Waals surface area contributed by atoms with E-state index >= 15 is 0 Å². The molecule has 0 radical (unpaired) electrons. The number of nitrogens with one attached hydrogen (secondary N) is 3. The van der Waals surface area contributed by atoms with Gasteiger partial charge in [0.2, 0.25) is 0 Å². The lowest BCUT2D eigenvalue weighted by atomic mass is 10.1. The molecule has 7 heteroatoms. The van der Waals surface area contributed by atoms with E-state index in [4.69, 9.17) is 0 Å². The molecule has 3 aromatic rings. The van der Waals surface area contributed by atoms with Gasteiger partial charge >= 0.3 is 0 Å². The number of hydrogen-bond donors (Lipinski definition) is 3. The van der Waals surface area contributed by atoms with Crippen molar-refractivity contribution in [1.29, 1.82) is 0 Å². The quantitative estimate of drug-likeness (QED) is 0.442. The molecule has 0 amide bonds. The van der Waals surface area contributed by atoms with Gasteiger partial charge in [-0.1, -0.05) is 13.8 Å². The molecule has 27 heavy (non-hydrogen) atoms. The maximum absolute atomic E-state index is 13.3. The normalized spacial score (nSPS) is 12.1. The topological polar surface area (TPSA) is 70.0 Å². The molecule has 3 rings (SSSR count). The lowest BCUT2D eigenvalue weighted by molar-refractivity contribution is 0.503.